The smallest absolute Gasteiger partial charge is 0.249 e. The minimum absolute atomic E-state index is 0.153. The van der Waals surface area contributed by atoms with Gasteiger partial charge in [-0.05, 0) is 42.0 Å². The van der Waals surface area contributed by atoms with Gasteiger partial charge in [-0.2, -0.15) is 0 Å². The van der Waals surface area contributed by atoms with Crippen LogP contribution in [0, 0.1) is 0 Å². The van der Waals surface area contributed by atoms with Gasteiger partial charge in [-0.25, -0.2) is 4.98 Å². The van der Waals surface area contributed by atoms with Gasteiger partial charge in [0.1, 0.15) is 11.9 Å². The number of aromatic amines is 1. The van der Waals surface area contributed by atoms with E-state index in [1.165, 1.54) is 0 Å². The molecule has 5 rings (SSSR count). The van der Waals surface area contributed by atoms with Crippen LogP contribution in [0.3, 0.4) is 0 Å². The number of fused-ring (bicyclic) bond motifs is 1. The first kappa shape index (κ1) is 24.0. The summed E-state index contributed by atoms with van der Waals surface area (Å²) < 4.78 is 0.925. The van der Waals surface area contributed by atoms with Gasteiger partial charge < -0.3 is 15.6 Å². The van der Waals surface area contributed by atoms with Crippen LogP contribution in [-0.2, 0) is 22.4 Å². The lowest BCUT2D eigenvalue weighted by Gasteiger charge is -2.13. The molecule has 0 saturated heterocycles. The van der Waals surface area contributed by atoms with Crippen molar-refractivity contribution < 1.29 is 9.59 Å². The van der Waals surface area contributed by atoms with Gasteiger partial charge in [-0.3, -0.25) is 14.6 Å². The number of aliphatic imine (C=N–C) groups is 1. The van der Waals surface area contributed by atoms with Crippen LogP contribution >= 0.6 is 27.5 Å². The lowest BCUT2D eigenvalue weighted by atomic mass is 10.00. The lowest BCUT2D eigenvalue weighted by Crippen LogP contribution is -2.27. The molecule has 9 heteroatoms. The molecule has 0 fully saturated rings. The molecule has 0 radical (unpaired) electrons. The monoisotopic (exact) mass is 561 g/mol. The van der Waals surface area contributed by atoms with E-state index < -0.39 is 6.04 Å². The Hall–Kier alpha value is -3.75. The molecule has 0 aliphatic carbocycles. The van der Waals surface area contributed by atoms with Gasteiger partial charge in [0.25, 0.3) is 0 Å². The Morgan fingerprint density at radius 3 is 2.64 bits per heavy atom. The number of nitrogens with zero attached hydrogens (tertiary/aromatic N) is 2. The molecule has 4 aromatic rings. The van der Waals surface area contributed by atoms with Crippen LogP contribution in [0.2, 0.25) is 5.02 Å². The Labute approximate surface area is 221 Å². The van der Waals surface area contributed by atoms with E-state index in [0.717, 1.165) is 21.2 Å². The van der Waals surface area contributed by atoms with Crippen LogP contribution in [0.4, 0.5) is 11.4 Å². The van der Waals surface area contributed by atoms with Gasteiger partial charge in [0.05, 0.1) is 17.8 Å². The summed E-state index contributed by atoms with van der Waals surface area (Å²) in [6.07, 6.45) is 3.87. The predicted molar refractivity (Wildman–Crippen MR) is 145 cm³/mol. The number of hydrogen-bond acceptors (Lipinski definition) is 4. The fraction of sp³-hybridized carbons (Fsp3) is 0.111. The molecule has 2 heterocycles. The second kappa shape index (κ2) is 10.5. The zero-order chi connectivity index (χ0) is 25.1. The summed E-state index contributed by atoms with van der Waals surface area (Å²) in [5.41, 5.74) is 4.51. The third-order valence-corrected chi connectivity index (χ3v) is 6.79. The van der Waals surface area contributed by atoms with Crippen molar-refractivity contribution in [2.24, 2.45) is 4.99 Å². The third-order valence-electron chi connectivity index (χ3n) is 5.78. The molecule has 1 atom stereocenters. The number of imidazole rings is 1. The maximum absolute atomic E-state index is 13.2. The Morgan fingerprint density at radius 2 is 1.89 bits per heavy atom. The summed E-state index contributed by atoms with van der Waals surface area (Å²) in [6.45, 7) is 0. The maximum atomic E-state index is 13.2. The largest absolute Gasteiger partial charge is 0.348 e. The average molecular weight is 563 g/mol. The van der Waals surface area contributed by atoms with E-state index in [1.54, 1.807) is 24.5 Å². The third kappa shape index (κ3) is 5.40. The molecule has 0 bridgehead atoms. The average Bonchev–Trinajstić information content (AvgIpc) is 3.32. The number of H-pyrrole nitrogens is 1. The van der Waals surface area contributed by atoms with E-state index in [2.05, 4.69) is 36.5 Å². The standard InChI is InChI=1S/C27H21BrClN5O2/c28-21-4-2-1-3-17(21)13-23-27(36)34-22-14-18(29)7-10-20(22)26(33-23)16-5-8-19(9-6-16)32-25(35)15-24-30-11-12-31-24/h1-12,14,23H,13,15H2,(H,30,31)(H,32,35)(H,34,36). The summed E-state index contributed by atoms with van der Waals surface area (Å²) in [5.74, 6) is 0.222. The van der Waals surface area contributed by atoms with E-state index in [1.807, 2.05) is 54.6 Å². The van der Waals surface area contributed by atoms with Crippen molar-refractivity contribution in [1.29, 1.82) is 0 Å². The molecule has 3 aromatic carbocycles. The number of halogens is 2. The summed E-state index contributed by atoms with van der Waals surface area (Å²) in [7, 11) is 0. The molecule has 180 valence electrons. The zero-order valence-corrected chi connectivity index (χ0v) is 21.3. The fourth-order valence-corrected chi connectivity index (χ4v) is 4.65. The highest BCUT2D eigenvalue weighted by atomic mass is 79.9. The van der Waals surface area contributed by atoms with Gasteiger partial charge in [-0.1, -0.05) is 57.9 Å². The Morgan fingerprint density at radius 1 is 1.08 bits per heavy atom. The normalized spacial score (nSPS) is 14.9. The Kier molecular flexibility index (Phi) is 6.97. The first-order valence-electron chi connectivity index (χ1n) is 11.3. The molecular formula is C27H21BrClN5O2. The molecule has 1 unspecified atom stereocenters. The highest BCUT2D eigenvalue weighted by Gasteiger charge is 2.27. The van der Waals surface area contributed by atoms with Crippen LogP contribution in [0.5, 0.6) is 0 Å². The number of benzene rings is 3. The van der Waals surface area contributed by atoms with Crippen molar-refractivity contribution >= 4 is 56.4 Å². The maximum Gasteiger partial charge on any atom is 0.249 e. The first-order chi connectivity index (χ1) is 17.5. The van der Waals surface area contributed by atoms with Crippen molar-refractivity contribution in [3.05, 3.63) is 111 Å². The quantitative estimate of drug-likeness (QED) is 0.293. The predicted octanol–water partition coefficient (Wildman–Crippen LogP) is 5.41. The molecule has 0 saturated carbocycles. The van der Waals surface area contributed by atoms with Crippen LogP contribution in [0.25, 0.3) is 0 Å². The number of aromatic nitrogens is 2. The molecular weight excluding hydrogens is 542 g/mol. The first-order valence-corrected chi connectivity index (χ1v) is 12.4. The van der Waals surface area contributed by atoms with Crippen LogP contribution in [0.15, 0.2) is 88.6 Å². The summed E-state index contributed by atoms with van der Waals surface area (Å²) >= 11 is 9.80. The SMILES string of the molecule is O=C(Cc1ncc[nH]1)Nc1ccc(C2=NC(Cc3ccccc3Br)C(=O)Nc3cc(Cl)ccc32)cc1. The van der Waals surface area contributed by atoms with Gasteiger partial charge in [-0.15, -0.1) is 0 Å². The van der Waals surface area contributed by atoms with Crippen molar-refractivity contribution in [2.45, 2.75) is 18.9 Å². The van der Waals surface area contributed by atoms with Crippen LogP contribution in [-0.4, -0.2) is 33.5 Å². The van der Waals surface area contributed by atoms with Crippen molar-refractivity contribution in [3.63, 3.8) is 0 Å². The minimum atomic E-state index is -0.641. The number of carbonyl (C=O) groups excluding carboxylic acids is 2. The summed E-state index contributed by atoms with van der Waals surface area (Å²) in [6, 6.07) is 19.9. The molecule has 36 heavy (non-hydrogen) atoms. The number of hydrogen-bond donors (Lipinski definition) is 3. The Bertz CT molecular complexity index is 1450. The van der Waals surface area contributed by atoms with Crippen LogP contribution in [0.1, 0.15) is 22.5 Å². The fourth-order valence-electron chi connectivity index (χ4n) is 4.03. The number of carbonyl (C=O) groups is 2. The summed E-state index contributed by atoms with van der Waals surface area (Å²) in [4.78, 5) is 37.4. The van der Waals surface area contributed by atoms with E-state index in [9.17, 15) is 9.59 Å². The van der Waals surface area contributed by atoms with Gasteiger partial charge in [0.15, 0.2) is 0 Å². The van der Waals surface area contributed by atoms with E-state index >= 15 is 0 Å². The topological polar surface area (TPSA) is 99.2 Å². The highest BCUT2D eigenvalue weighted by molar-refractivity contribution is 9.10. The van der Waals surface area contributed by atoms with E-state index in [-0.39, 0.29) is 18.2 Å². The molecule has 1 aromatic heterocycles. The molecule has 1 aliphatic heterocycles. The van der Waals surface area contributed by atoms with Crippen LogP contribution < -0.4 is 10.6 Å². The minimum Gasteiger partial charge on any atom is -0.348 e. The van der Waals surface area contributed by atoms with Gasteiger partial charge in [0, 0.05) is 45.1 Å². The van der Waals surface area contributed by atoms with Crippen molar-refractivity contribution in [2.75, 3.05) is 10.6 Å². The van der Waals surface area contributed by atoms with Gasteiger partial charge in [0.2, 0.25) is 11.8 Å². The van der Waals surface area contributed by atoms with E-state index in [0.29, 0.717) is 34.4 Å². The molecule has 7 nitrogen and oxygen atoms in total. The molecule has 2 amide bonds. The number of nitrogens with one attached hydrogen (secondary N) is 3. The van der Waals surface area contributed by atoms with Crippen molar-refractivity contribution in [1.82, 2.24) is 9.97 Å². The van der Waals surface area contributed by atoms with Gasteiger partial charge >= 0.3 is 0 Å². The molecule has 0 spiro atoms. The lowest BCUT2D eigenvalue weighted by molar-refractivity contribution is -0.117. The van der Waals surface area contributed by atoms with Crippen molar-refractivity contribution in [3.8, 4) is 0 Å². The summed E-state index contributed by atoms with van der Waals surface area (Å²) in [5, 5.41) is 6.39. The molecule has 1 aliphatic rings. The highest BCUT2D eigenvalue weighted by Crippen LogP contribution is 2.29. The number of benzodiazepines with no additional fused rings is 1. The molecule has 3 N–H and O–H groups in total. The zero-order valence-electron chi connectivity index (χ0n) is 19.0. The second-order valence-corrected chi connectivity index (χ2v) is 9.60. The number of rotatable bonds is 6. The number of anilines is 2. The Balaban J connectivity index is 1.45. The number of amides is 2. The van der Waals surface area contributed by atoms with E-state index in [4.69, 9.17) is 16.6 Å². The second-order valence-electron chi connectivity index (χ2n) is 8.31.